The van der Waals surface area contributed by atoms with Crippen LogP contribution in [-0.4, -0.2) is 56.4 Å². The number of hydrogen-bond acceptors (Lipinski definition) is 5. The largest absolute Gasteiger partial charge is 0.497 e. The summed E-state index contributed by atoms with van der Waals surface area (Å²) in [6, 6.07) is 15.0. The van der Waals surface area contributed by atoms with Crippen LogP contribution >= 0.6 is 12.4 Å². The van der Waals surface area contributed by atoms with Gasteiger partial charge in [0.15, 0.2) is 5.78 Å². The molecule has 2 aromatic carbocycles. The summed E-state index contributed by atoms with van der Waals surface area (Å²) in [7, 11) is 1.66. The van der Waals surface area contributed by atoms with Gasteiger partial charge < -0.3 is 15.0 Å². The van der Waals surface area contributed by atoms with E-state index in [0.29, 0.717) is 17.8 Å². The number of ketones is 1. The molecule has 2 aromatic rings. The summed E-state index contributed by atoms with van der Waals surface area (Å²) in [6.45, 7) is 5.33. The molecule has 1 aliphatic rings. The van der Waals surface area contributed by atoms with Crippen LogP contribution in [0.1, 0.15) is 17.3 Å². The van der Waals surface area contributed by atoms with E-state index in [1.165, 1.54) is 12.6 Å². The van der Waals surface area contributed by atoms with Gasteiger partial charge in [0.05, 0.1) is 13.7 Å². The van der Waals surface area contributed by atoms with Gasteiger partial charge in [-0.05, 0) is 55.5 Å². The molecule has 0 unspecified atom stereocenters. The SMILES string of the molecule is COc1ccc(N2CCN(CC(=O)Nc3ccc(C(C)=O)cc3)CC2)cc1.Cl. The van der Waals surface area contributed by atoms with Crippen LogP contribution in [0.25, 0.3) is 0 Å². The summed E-state index contributed by atoms with van der Waals surface area (Å²) in [5.41, 5.74) is 2.52. The Kier molecular flexibility index (Phi) is 7.84. The Morgan fingerprint density at radius 2 is 1.57 bits per heavy atom. The molecule has 6 nitrogen and oxygen atoms in total. The first-order valence-corrected chi connectivity index (χ1v) is 9.07. The number of ether oxygens (including phenoxy) is 1. The highest BCUT2D eigenvalue weighted by Gasteiger charge is 2.19. The van der Waals surface area contributed by atoms with Gasteiger partial charge in [-0.2, -0.15) is 0 Å². The smallest absolute Gasteiger partial charge is 0.238 e. The first-order chi connectivity index (χ1) is 13.0. The summed E-state index contributed by atoms with van der Waals surface area (Å²) in [5.74, 6) is 0.830. The molecule has 0 radical (unpaired) electrons. The zero-order valence-electron chi connectivity index (χ0n) is 16.2. The van der Waals surface area contributed by atoms with Gasteiger partial charge in [0, 0.05) is 43.1 Å². The minimum Gasteiger partial charge on any atom is -0.497 e. The number of carbonyl (C=O) groups is 2. The Hall–Kier alpha value is -2.57. The normalized spacial score (nSPS) is 14.1. The molecule has 28 heavy (non-hydrogen) atoms. The molecule has 0 aliphatic carbocycles. The molecule has 0 aromatic heterocycles. The number of amides is 1. The molecule has 1 heterocycles. The van der Waals surface area contributed by atoms with Crippen molar-refractivity contribution >= 4 is 35.5 Å². The fourth-order valence-corrected chi connectivity index (χ4v) is 3.15. The molecule has 7 heteroatoms. The van der Waals surface area contributed by atoms with Crippen LogP contribution in [0.3, 0.4) is 0 Å². The maximum absolute atomic E-state index is 12.3. The van der Waals surface area contributed by atoms with Crippen molar-refractivity contribution in [1.82, 2.24) is 4.90 Å². The Bertz CT molecular complexity index is 786. The van der Waals surface area contributed by atoms with Gasteiger partial charge in [-0.15, -0.1) is 12.4 Å². The monoisotopic (exact) mass is 403 g/mol. The number of halogens is 1. The Balaban J connectivity index is 0.00000280. The summed E-state index contributed by atoms with van der Waals surface area (Å²) < 4.78 is 5.20. The lowest BCUT2D eigenvalue weighted by atomic mass is 10.1. The first-order valence-electron chi connectivity index (χ1n) is 9.07. The Morgan fingerprint density at radius 1 is 0.964 bits per heavy atom. The number of rotatable bonds is 6. The van der Waals surface area contributed by atoms with E-state index in [1.54, 1.807) is 31.4 Å². The predicted octanol–water partition coefficient (Wildman–Crippen LogP) is 3.08. The van der Waals surface area contributed by atoms with Crippen molar-refractivity contribution in [2.24, 2.45) is 0 Å². The highest BCUT2D eigenvalue weighted by molar-refractivity contribution is 5.96. The summed E-state index contributed by atoms with van der Waals surface area (Å²) >= 11 is 0. The third-order valence-electron chi connectivity index (χ3n) is 4.75. The van der Waals surface area contributed by atoms with Crippen LogP contribution in [0.4, 0.5) is 11.4 Å². The topological polar surface area (TPSA) is 61.9 Å². The minimum atomic E-state index is -0.0385. The first kappa shape index (κ1) is 21.7. The highest BCUT2D eigenvalue weighted by Crippen LogP contribution is 2.20. The molecule has 0 saturated carbocycles. The van der Waals surface area contributed by atoms with Gasteiger partial charge in [-0.3, -0.25) is 14.5 Å². The molecule has 1 N–H and O–H groups in total. The summed E-state index contributed by atoms with van der Waals surface area (Å²) in [4.78, 5) is 28.0. The maximum atomic E-state index is 12.3. The number of piperazine rings is 1. The van der Waals surface area contributed by atoms with Crippen LogP contribution in [0.5, 0.6) is 5.75 Å². The Labute approximate surface area is 171 Å². The predicted molar refractivity (Wildman–Crippen MR) is 114 cm³/mol. The van der Waals surface area contributed by atoms with Crippen molar-refractivity contribution < 1.29 is 14.3 Å². The second kappa shape index (κ2) is 10.1. The molecular weight excluding hydrogens is 378 g/mol. The number of carbonyl (C=O) groups excluding carboxylic acids is 2. The molecule has 3 rings (SSSR count). The molecule has 1 aliphatic heterocycles. The van der Waals surface area contributed by atoms with Crippen molar-refractivity contribution in [1.29, 1.82) is 0 Å². The molecule has 1 saturated heterocycles. The van der Waals surface area contributed by atoms with Crippen LogP contribution in [0, 0.1) is 0 Å². The number of benzene rings is 2. The summed E-state index contributed by atoms with van der Waals surface area (Å²) in [5, 5.41) is 2.89. The van der Waals surface area contributed by atoms with Crippen molar-refractivity contribution in [3.8, 4) is 5.75 Å². The lowest BCUT2D eigenvalue weighted by molar-refractivity contribution is -0.117. The maximum Gasteiger partial charge on any atom is 0.238 e. The average Bonchev–Trinajstić information content (AvgIpc) is 2.69. The van der Waals surface area contributed by atoms with E-state index in [9.17, 15) is 9.59 Å². The number of Topliss-reactive ketones (excluding diaryl/α,β-unsaturated/α-hetero) is 1. The third kappa shape index (κ3) is 5.71. The zero-order chi connectivity index (χ0) is 19.2. The van der Waals surface area contributed by atoms with Gasteiger partial charge >= 0.3 is 0 Å². The number of nitrogens with zero attached hydrogens (tertiary/aromatic N) is 2. The molecule has 0 bridgehead atoms. The third-order valence-corrected chi connectivity index (χ3v) is 4.75. The van der Waals surface area contributed by atoms with E-state index >= 15 is 0 Å². The van der Waals surface area contributed by atoms with Crippen molar-refractivity contribution in [3.05, 3.63) is 54.1 Å². The standard InChI is InChI=1S/C21H25N3O3.ClH/c1-16(25)17-3-5-18(6-4-17)22-21(26)15-23-11-13-24(14-12-23)19-7-9-20(27-2)10-8-19;/h3-10H,11-15H2,1-2H3,(H,22,26);1H. The average molecular weight is 404 g/mol. The van der Waals surface area contributed by atoms with E-state index in [2.05, 4.69) is 27.2 Å². The minimum absolute atomic E-state index is 0. The van der Waals surface area contributed by atoms with E-state index in [0.717, 1.165) is 31.9 Å². The number of anilines is 2. The number of methoxy groups -OCH3 is 1. The number of nitrogens with one attached hydrogen (secondary N) is 1. The molecule has 1 amide bonds. The Morgan fingerprint density at radius 3 is 2.11 bits per heavy atom. The van der Waals surface area contributed by atoms with Gasteiger partial charge in [-0.1, -0.05) is 0 Å². The van der Waals surface area contributed by atoms with Crippen LogP contribution in [0.15, 0.2) is 48.5 Å². The molecule has 150 valence electrons. The fraction of sp³-hybridized carbons (Fsp3) is 0.333. The van der Waals surface area contributed by atoms with E-state index in [4.69, 9.17) is 4.74 Å². The molecule has 0 spiro atoms. The fourth-order valence-electron chi connectivity index (χ4n) is 3.15. The van der Waals surface area contributed by atoms with Crippen molar-refractivity contribution in [2.75, 3.05) is 50.1 Å². The lowest BCUT2D eigenvalue weighted by Crippen LogP contribution is -2.48. The van der Waals surface area contributed by atoms with Crippen LogP contribution in [0.2, 0.25) is 0 Å². The van der Waals surface area contributed by atoms with Gasteiger partial charge in [0.25, 0.3) is 0 Å². The van der Waals surface area contributed by atoms with Crippen LogP contribution in [-0.2, 0) is 4.79 Å². The van der Waals surface area contributed by atoms with Crippen molar-refractivity contribution in [2.45, 2.75) is 6.92 Å². The van der Waals surface area contributed by atoms with E-state index < -0.39 is 0 Å². The van der Waals surface area contributed by atoms with E-state index in [1.807, 2.05) is 12.1 Å². The zero-order valence-corrected chi connectivity index (χ0v) is 17.0. The highest BCUT2D eigenvalue weighted by atomic mass is 35.5. The molecular formula is C21H26ClN3O3. The number of hydrogen-bond donors (Lipinski definition) is 1. The van der Waals surface area contributed by atoms with Gasteiger partial charge in [0.1, 0.15) is 5.75 Å². The van der Waals surface area contributed by atoms with Crippen molar-refractivity contribution in [3.63, 3.8) is 0 Å². The molecule has 1 fully saturated rings. The second-order valence-electron chi connectivity index (χ2n) is 6.64. The van der Waals surface area contributed by atoms with Gasteiger partial charge in [-0.25, -0.2) is 0 Å². The lowest BCUT2D eigenvalue weighted by Gasteiger charge is -2.35. The second-order valence-corrected chi connectivity index (χ2v) is 6.64. The quantitative estimate of drug-likeness (QED) is 0.751. The summed E-state index contributed by atoms with van der Waals surface area (Å²) in [6.07, 6.45) is 0. The molecule has 0 atom stereocenters. The van der Waals surface area contributed by atoms with E-state index in [-0.39, 0.29) is 24.1 Å². The van der Waals surface area contributed by atoms with Gasteiger partial charge in [0.2, 0.25) is 5.91 Å². The van der Waals surface area contributed by atoms with Crippen LogP contribution < -0.4 is 15.0 Å².